The number of methoxy groups -OCH3 is 1. The van der Waals surface area contributed by atoms with Crippen LogP contribution >= 0.6 is 0 Å². The highest BCUT2D eigenvalue weighted by atomic mass is 32.2. The normalized spacial score (nSPS) is 13.1. The van der Waals surface area contributed by atoms with Crippen molar-refractivity contribution in [2.45, 2.75) is 17.9 Å². The van der Waals surface area contributed by atoms with Gasteiger partial charge in [-0.1, -0.05) is 0 Å². The number of hydrogen-bond acceptors (Lipinski definition) is 5. The highest BCUT2D eigenvalue weighted by Crippen LogP contribution is 2.21. The molecule has 0 fully saturated rings. The largest absolute Gasteiger partial charge is 0.456 e. The second kappa shape index (κ2) is 6.25. The number of hydrogen-bond donors (Lipinski definition) is 1. The molecular weight excluding hydrogens is 296 g/mol. The number of benzene rings is 1. The Morgan fingerprint density at radius 1 is 1.40 bits per heavy atom. The van der Waals surface area contributed by atoms with E-state index in [4.69, 9.17) is 14.6 Å². The third-order valence-corrected chi connectivity index (χ3v) is 3.20. The molecule has 1 aromatic rings. The molecule has 6 nitrogen and oxygen atoms in total. The first-order valence-electron chi connectivity index (χ1n) is 5.39. The summed E-state index contributed by atoms with van der Waals surface area (Å²) in [5, 5.41) is 4.76. The van der Waals surface area contributed by atoms with Crippen molar-refractivity contribution in [3.05, 3.63) is 29.3 Å². The van der Waals surface area contributed by atoms with E-state index in [1.165, 1.54) is 14.0 Å². The number of nitrogens with two attached hydrogens (primary N) is 1. The molecule has 0 saturated heterocycles. The number of esters is 1. The Morgan fingerprint density at radius 3 is 2.50 bits per heavy atom. The Labute approximate surface area is 114 Å². The number of primary sulfonamides is 1. The zero-order valence-electron chi connectivity index (χ0n) is 10.7. The van der Waals surface area contributed by atoms with Crippen molar-refractivity contribution in [3.8, 4) is 0 Å². The van der Waals surface area contributed by atoms with Crippen molar-refractivity contribution >= 4 is 16.0 Å². The summed E-state index contributed by atoms with van der Waals surface area (Å²) in [6.07, 6.45) is -0.760. The van der Waals surface area contributed by atoms with E-state index >= 15 is 0 Å². The molecule has 0 aliphatic rings. The summed E-state index contributed by atoms with van der Waals surface area (Å²) in [5.74, 6) is -4.17. The zero-order chi connectivity index (χ0) is 15.5. The van der Waals surface area contributed by atoms with Crippen LogP contribution in [0.25, 0.3) is 0 Å². The summed E-state index contributed by atoms with van der Waals surface area (Å²) in [6, 6.07) is 1.26. The fraction of sp³-hybridized carbons (Fsp3) is 0.364. The Kier molecular flexibility index (Phi) is 5.15. The second-order valence-corrected chi connectivity index (χ2v) is 5.48. The summed E-state index contributed by atoms with van der Waals surface area (Å²) in [7, 11) is -3.06. The molecule has 0 radical (unpaired) electrons. The second-order valence-electron chi connectivity index (χ2n) is 3.95. The quantitative estimate of drug-likeness (QED) is 0.812. The molecule has 0 bridgehead atoms. The highest BCUT2D eigenvalue weighted by molar-refractivity contribution is 7.89. The highest BCUT2D eigenvalue weighted by Gasteiger charge is 2.27. The van der Waals surface area contributed by atoms with Crippen LogP contribution in [0, 0.1) is 11.6 Å². The summed E-state index contributed by atoms with van der Waals surface area (Å²) in [4.78, 5) is 10.7. The van der Waals surface area contributed by atoms with Gasteiger partial charge in [-0.3, -0.25) is 0 Å². The maximum atomic E-state index is 13.9. The number of carbonyl (C=O) groups is 1. The summed E-state index contributed by atoms with van der Waals surface area (Å²) in [5.41, 5.74) is -1.11. The van der Waals surface area contributed by atoms with Gasteiger partial charge in [0.05, 0.1) is 6.61 Å². The monoisotopic (exact) mass is 309 g/mol. The number of ether oxygens (including phenoxy) is 2. The summed E-state index contributed by atoms with van der Waals surface area (Å²) >= 11 is 0. The lowest BCUT2D eigenvalue weighted by atomic mass is 10.2. The molecule has 0 spiro atoms. The van der Waals surface area contributed by atoms with Crippen molar-refractivity contribution in [1.29, 1.82) is 0 Å². The molecule has 0 amide bonds. The third kappa shape index (κ3) is 3.71. The maximum absolute atomic E-state index is 13.9. The third-order valence-electron chi connectivity index (χ3n) is 2.28. The van der Waals surface area contributed by atoms with Crippen molar-refractivity contribution in [3.63, 3.8) is 0 Å². The molecule has 0 heterocycles. The van der Waals surface area contributed by atoms with Crippen LogP contribution in [0.15, 0.2) is 17.0 Å². The SMILES string of the molecule is COCC(C)OC(=O)c1c(F)ccc(S(N)(=O)=O)c1F. The molecule has 112 valence electrons. The fourth-order valence-electron chi connectivity index (χ4n) is 1.45. The van der Waals surface area contributed by atoms with Crippen LogP contribution in [0.5, 0.6) is 0 Å². The number of sulfonamides is 1. The first-order valence-corrected chi connectivity index (χ1v) is 6.93. The molecule has 0 aliphatic heterocycles. The van der Waals surface area contributed by atoms with Gasteiger partial charge in [-0.25, -0.2) is 27.1 Å². The maximum Gasteiger partial charge on any atom is 0.344 e. The van der Waals surface area contributed by atoms with Crippen LogP contribution in [0.1, 0.15) is 17.3 Å². The van der Waals surface area contributed by atoms with E-state index in [2.05, 4.69) is 0 Å². The lowest BCUT2D eigenvalue weighted by molar-refractivity contribution is 0.0110. The van der Waals surface area contributed by atoms with Gasteiger partial charge in [-0.15, -0.1) is 0 Å². The van der Waals surface area contributed by atoms with E-state index < -0.39 is 44.2 Å². The fourth-order valence-corrected chi connectivity index (χ4v) is 2.06. The molecular formula is C11H13F2NO5S. The van der Waals surface area contributed by atoms with E-state index in [0.717, 1.165) is 0 Å². The van der Waals surface area contributed by atoms with E-state index in [0.29, 0.717) is 12.1 Å². The molecule has 1 atom stereocenters. The minimum atomic E-state index is -4.42. The first kappa shape index (κ1) is 16.5. The Hall–Kier alpha value is -1.58. The zero-order valence-corrected chi connectivity index (χ0v) is 11.5. The minimum Gasteiger partial charge on any atom is -0.456 e. The molecule has 2 N–H and O–H groups in total. The average Bonchev–Trinajstić information content (AvgIpc) is 2.26. The van der Waals surface area contributed by atoms with Crippen molar-refractivity contribution in [1.82, 2.24) is 0 Å². The topological polar surface area (TPSA) is 95.7 Å². The molecule has 0 saturated carbocycles. The van der Waals surface area contributed by atoms with Gasteiger partial charge in [0.15, 0.2) is 5.82 Å². The van der Waals surface area contributed by atoms with E-state index in [-0.39, 0.29) is 6.61 Å². The van der Waals surface area contributed by atoms with Crippen molar-refractivity contribution < 1.29 is 31.5 Å². The standard InChI is InChI=1S/C11H13F2NO5S/c1-6(5-18-2)19-11(15)9-7(12)3-4-8(10(9)13)20(14,16)17/h3-4,6H,5H2,1-2H3,(H2,14,16,17). The Balaban J connectivity index is 3.21. The molecule has 20 heavy (non-hydrogen) atoms. The average molecular weight is 309 g/mol. The molecule has 0 aliphatic carbocycles. The predicted molar refractivity (Wildman–Crippen MR) is 64.5 cm³/mol. The number of rotatable bonds is 5. The number of halogens is 2. The van der Waals surface area contributed by atoms with Crippen LogP contribution < -0.4 is 5.14 Å². The Bertz CT molecular complexity index is 617. The van der Waals surface area contributed by atoms with E-state index in [9.17, 15) is 22.0 Å². The molecule has 9 heteroatoms. The Morgan fingerprint density at radius 2 is 2.00 bits per heavy atom. The van der Waals surface area contributed by atoms with Gasteiger partial charge in [0.25, 0.3) is 0 Å². The van der Waals surface area contributed by atoms with Crippen LogP contribution in [0.4, 0.5) is 8.78 Å². The van der Waals surface area contributed by atoms with Gasteiger partial charge in [-0.2, -0.15) is 0 Å². The molecule has 1 rings (SSSR count). The lowest BCUT2D eigenvalue weighted by Gasteiger charge is -2.13. The van der Waals surface area contributed by atoms with Gasteiger partial charge in [0.1, 0.15) is 22.4 Å². The van der Waals surface area contributed by atoms with Crippen molar-refractivity contribution in [2.75, 3.05) is 13.7 Å². The van der Waals surface area contributed by atoms with Gasteiger partial charge in [0.2, 0.25) is 10.0 Å². The van der Waals surface area contributed by atoms with Gasteiger partial charge in [0, 0.05) is 7.11 Å². The van der Waals surface area contributed by atoms with E-state index in [1.807, 2.05) is 0 Å². The van der Waals surface area contributed by atoms with E-state index in [1.54, 1.807) is 0 Å². The first-order chi connectivity index (χ1) is 9.18. The van der Waals surface area contributed by atoms with Crippen LogP contribution in [0.3, 0.4) is 0 Å². The molecule has 1 aromatic carbocycles. The van der Waals surface area contributed by atoms with Gasteiger partial charge < -0.3 is 9.47 Å². The lowest BCUT2D eigenvalue weighted by Crippen LogP contribution is -2.23. The number of carbonyl (C=O) groups excluding carboxylic acids is 1. The van der Waals surface area contributed by atoms with Crippen LogP contribution in [-0.4, -0.2) is 34.2 Å². The smallest absolute Gasteiger partial charge is 0.344 e. The van der Waals surface area contributed by atoms with Crippen LogP contribution in [0.2, 0.25) is 0 Å². The minimum absolute atomic E-state index is 0.0177. The van der Waals surface area contributed by atoms with Gasteiger partial charge >= 0.3 is 5.97 Å². The molecule has 1 unspecified atom stereocenters. The predicted octanol–water partition coefficient (Wildman–Crippen LogP) is 0.804. The van der Waals surface area contributed by atoms with Crippen LogP contribution in [-0.2, 0) is 19.5 Å². The van der Waals surface area contributed by atoms with Gasteiger partial charge in [-0.05, 0) is 19.1 Å². The summed E-state index contributed by atoms with van der Waals surface area (Å²) in [6.45, 7) is 1.46. The summed E-state index contributed by atoms with van der Waals surface area (Å²) < 4.78 is 59.0. The van der Waals surface area contributed by atoms with Crippen molar-refractivity contribution in [2.24, 2.45) is 5.14 Å². The molecule has 0 aromatic heterocycles.